The molecule has 29 heavy (non-hydrogen) atoms. The molecular formula is C22H29N3O4. The quantitative estimate of drug-likeness (QED) is 0.741. The van der Waals surface area contributed by atoms with Crippen molar-refractivity contribution in [3.05, 3.63) is 29.3 Å². The van der Waals surface area contributed by atoms with Crippen LogP contribution in [0.5, 0.6) is 5.75 Å². The zero-order valence-electron chi connectivity index (χ0n) is 17.1. The summed E-state index contributed by atoms with van der Waals surface area (Å²) in [6, 6.07) is 5.46. The van der Waals surface area contributed by atoms with Crippen LogP contribution in [0, 0.1) is 0 Å². The van der Waals surface area contributed by atoms with E-state index in [0.29, 0.717) is 24.6 Å². The Labute approximate surface area is 171 Å². The van der Waals surface area contributed by atoms with Crippen molar-refractivity contribution < 1.29 is 19.1 Å². The second-order valence-corrected chi connectivity index (χ2v) is 8.09. The minimum atomic E-state index is -0.584. The Hall–Kier alpha value is -2.41. The summed E-state index contributed by atoms with van der Waals surface area (Å²) in [6.07, 6.45) is 4.16. The van der Waals surface area contributed by atoms with Gasteiger partial charge in [0.1, 0.15) is 17.9 Å². The normalized spacial score (nSPS) is 26.8. The molecule has 7 heteroatoms. The predicted octanol–water partition coefficient (Wildman–Crippen LogP) is 2.09. The summed E-state index contributed by atoms with van der Waals surface area (Å²) in [5.74, 6) is -0.0222. The van der Waals surface area contributed by atoms with E-state index in [0.717, 1.165) is 37.2 Å². The average molecular weight is 399 g/mol. The van der Waals surface area contributed by atoms with Crippen LogP contribution in [0.1, 0.15) is 61.9 Å². The van der Waals surface area contributed by atoms with Gasteiger partial charge in [-0.1, -0.05) is 13.8 Å². The second-order valence-electron chi connectivity index (χ2n) is 8.09. The van der Waals surface area contributed by atoms with Crippen LogP contribution in [-0.2, 0) is 16.1 Å². The van der Waals surface area contributed by atoms with Gasteiger partial charge < -0.3 is 9.64 Å². The van der Waals surface area contributed by atoms with Gasteiger partial charge in [-0.05, 0) is 62.5 Å². The van der Waals surface area contributed by atoms with E-state index in [1.54, 1.807) is 11.0 Å². The molecule has 3 amide bonds. The summed E-state index contributed by atoms with van der Waals surface area (Å²) in [5, 5.41) is 2.34. The number of benzene rings is 1. The van der Waals surface area contributed by atoms with E-state index < -0.39 is 6.04 Å². The molecule has 2 aliphatic heterocycles. The molecule has 3 unspecified atom stereocenters. The number of hydrogen-bond donors (Lipinski definition) is 1. The van der Waals surface area contributed by atoms with E-state index >= 15 is 0 Å². The van der Waals surface area contributed by atoms with Crippen molar-refractivity contribution in [2.45, 2.75) is 70.7 Å². The molecule has 0 bridgehead atoms. The summed E-state index contributed by atoms with van der Waals surface area (Å²) < 4.78 is 6.35. The molecule has 0 aromatic heterocycles. The minimum absolute atomic E-state index is 0.150. The van der Waals surface area contributed by atoms with Gasteiger partial charge in [-0.15, -0.1) is 0 Å². The highest BCUT2D eigenvalue weighted by atomic mass is 16.5. The van der Waals surface area contributed by atoms with Crippen molar-refractivity contribution in [2.75, 3.05) is 13.1 Å². The second kappa shape index (κ2) is 8.14. The summed E-state index contributed by atoms with van der Waals surface area (Å²) in [5.41, 5.74) is 1.50. The van der Waals surface area contributed by atoms with Crippen LogP contribution in [0.4, 0.5) is 0 Å². The molecular weight excluding hydrogens is 370 g/mol. The smallest absolute Gasteiger partial charge is 0.255 e. The van der Waals surface area contributed by atoms with Crippen LogP contribution in [0.2, 0.25) is 0 Å². The summed E-state index contributed by atoms with van der Waals surface area (Å²) in [7, 11) is 0. The van der Waals surface area contributed by atoms with Crippen molar-refractivity contribution in [2.24, 2.45) is 0 Å². The number of imide groups is 1. The summed E-state index contributed by atoms with van der Waals surface area (Å²) >= 11 is 0. The molecule has 1 aliphatic carbocycles. The molecule has 1 saturated carbocycles. The van der Waals surface area contributed by atoms with Gasteiger partial charge >= 0.3 is 0 Å². The first-order valence-electron chi connectivity index (χ1n) is 10.7. The lowest BCUT2D eigenvalue weighted by atomic mass is 10.0. The summed E-state index contributed by atoms with van der Waals surface area (Å²) in [6.45, 7) is 6.77. The standard InChI is InChI=1S/C22H29N3O4/c1-3-24(4-2)17-6-5-7-19(17)29-15-8-9-16-14(12-15)13-25(22(16)28)18-10-11-20(26)23-21(18)27/h8-9,12,17-19H,3-7,10-11,13H2,1-2H3,(H,23,26,27). The maximum Gasteiger partial charge on any atom is 0.255 e. The van der Waals surface area contributed by atoms with Crippen molar-refractivity contribution in [1.82, 2.24) is 15.1 Å². The van der Waals surface area contributed by atoms with E-state index in [-0.39, 0.29) is 30.2 Å². The lowest BCUT2D eigenvalue weighted by molar-refractivity contribution is -0.136. The number of piperidine rings is 1. The van der Waals surface area contributed by atoms with E-state index in [9.17, 15) is 14.4 Å². The highest BCUT2D eigenvalue weighted by molar-refractivity contribution is 6.05. The van der Waals surface area contributed by atoms with Crippen LogP contribution in [0.25, 0.3) is 0 Å². The Kier molecular flexibility index (Phi) is 5.58. The Balaban J connectivity index is 1.48. The third-order valence-corrected chi connectivity index (χ3v) is 6.48. The first-order chi connectivity index (χ1) is 14.0. The third-order valence-electron chi connectivity index (χ3n) is 6.48. The zero-order chi connectivity index (χ0) is 20.5. The van der Waals surface area contributed by atoms with Gasteiger partial charge in [0.05, 0.1) is 0 Å². The van der Waals surface area contributed by atoms with Crippen molar-refractivity contribution >= 4 is 17.7 Å². The number of fused-ring (bicyclic) bond motifs is 1. The Morgan fingerprint density at radius 1 is 1.14 bits per heavy atom. The van der Waals surface area contributed by atoms with Gasteiger partial charge in [0.15, 0.2) is 0 Å². The molecule has 2 heterocycles. The molecule has 1 aromatic carbocycles. The fraction of sp³-hybridized carbons (Fsp3) is 0.591. The van der Waals surface area contributed by atoms with Gasteiger partial charge in [0.25, 0.3) is 5.91 Å². The lowest BCUT2D eigenvalue weighted by Crippen LogP contribution is -2.52. The van der Waals surface area contributed by atoms with Crippen LogP contribution in [0.15, 0.2) is 18.2 Å². The summed E-state index contributed by atoms with van der Waals surface area (Å²) in [4.78, 5) is 40.4. The highest BCUT2D eigenvalue weighted by Crippen LogP contribution is 2.33. The first kappa shape index (κ1) is 19.9. The van der Waals surface area contributed by atoms with Gasteiger partial charge in [-0.3, -0.25) is 24.6 Å². The Morgan fingerprint density at radius 3 is 2.66 bits per heavy atom. The Morgan fingerprint density at radius 2 is 1.93 bits per heavy atom. The number of ether oxygens (including phenoxy) is 1. The van der Waals surface area contributed by atoms with E-state index in [1.165, 1.54) is 6.42 Å². The fourth-order valence-corrected chi connectivity index (χ4v) is 4.95. The van der Waals surface area contributed by atoms with Crippen LogP contribution in [0.3, 0.4) is 0 Å². The molecule has 156 valence electrons. The SMILES string of the molecule is CCN(CC)C1CCCC1Oc1ccc2c(c1)CN(C1CCC(=O)NC1=O)C2=O. The molecule has 1 N–H and O–H groups in total. The molecule has 3 atom stereocenters. The largest absolute Gasteiger partial charge is 0.489 e. The van der Waals surface area contributed by atoms with E-state index in [4.69, 9.17) is 4.74 Å². The molecule has 3 aliphatic rings. The number of rotatable bonds is 6. The monoisotopic (exact) mass is 399 g/mol. The van der Waals surface area contributed by atoms with Crippen LogP contribution in [-0.4, -0.2) is 58.8 Å². The number of carbonyl (C=O) groups is 3. The fourth-order valence-electron chi connectivity index (χ4n) is 4.95. The maximum atomic E-state index is 12.8. The van der Waals surface area contributed by atoms with Crippen molar-refractivity contribution in [3.8, 4) is 5.75 Å². The van der Waals surface area contributed by atoms with Gasteiger partial charge in [0, 0.05) is 24.6 Å². The predicted molar refractivity (Wildman–Crippen MR) is 107 cm³/mol. The molecule has 0 spiro atoms. The van der Waals surface area contributed by atoms with Gasteiger partial charge in [0.2, 0.25) is 11.8 Å². The minimum Gasteiger partial charge on any atom is -0.489 e. The van der Waals surface area contributed by atoms with E-state index in [1.807, 2.05) is 12.1 Å². The third kappa shape index (κ3) is 3.75. The number of nitrogens with zero attached hydrogens (tertiary/aromatic N) is 2. The van der Waals surface area contributed by atoms with Gasteiger partial charge in [-0.25, -0.2) is 0 Å². The number of likely N-dealkylation sites (N-methyl/N-ethyl adjacent to an activating group) is 1. The number of carbonyl (C=O) groups excluding carboxylic acids is 3. The van der Waals surface area contributed by atoms with Gasteiger partial charge in [-0.2, -0.15) is 0 Å². The van der Waals surface area contributed by atoms with Crippen LogP contribution >= 0.6 is 0 Å². The topological polar surface area (TPSA) is 79.0 Å². The Bertz CT molecular complexity index is 820. The van der Waals surface area contributed by atoms with Crippen molar-refractivity contribution in [3.63, 3.8) is 0 Å². The highest BCUT2D eigenvalue weighted by Gasteiger charge is 2.39. The zero-order valence-corrected chi connectivity index (χ0v) is 17.1. The average Bonchev–Trinajstić information content (AvgIpc) is 3.28. The number of hydrogen-bond acceptors (Lipinski definition) is 5. The van der Waals surface area contributed by atoms with Crippen molar-refractivity contribution in [1.29, 1.82) is 0 Å². The van der Waals surface area contributed by atoms with E-state index in [2.05, 4.69) is 24.1 Å². The molecule has 0 radical (unpaired) electrons. The molecule has 4 rings (SSSR count). The number of nitrogens with one attached hydrogen (secondary N) is 1. The molecule has 1 aromatic rings. The number of amides is 3. The van der Waals surface area contributed by atoms with Crippen LogP contribution < -0.4 is 10.1 Å². The first-order valence-corrected chi connectivity index (χ1v) is 10.7. The molecule has 1 saturated heterocycles. The lowest BCUT2D eigenvalue weighted by Gasteiger charge is -2.31. The maximum absolute atomic E-state index is 12.8. The molecule has 2 fully saturated rings. The molecule has 7 nitrogen and oxygen atoms in total.